The summed E-state index contributed by atoms with van der Waals surface area (Å²) >= 11 is 0. The third-order valence-corrected chi connectivity index (χ3v) is 5.81. The van der Waals surface area contributed by atoms with Gasteiger partial charge in [0.25, 0.3) is 5.56 Å². The van der Waals surface area contributed by atoms with Crippen LogP contribution in [0.25, 0.3) is 11.0 Å². The van der Waals surface area contributed by atoms with Crippen LogP contribution in [0.4, 0.5) is 5.82 Å². The summed E-state index contributed by atoms with van der Waals surface area (Å²) < 4.78 is 1.73. The Bertz CT molecular complexity index is 1070. The fraction of sp³-hybridized carbons (Fsp3) is 0.476. The quantitative estimate of drug-likeness (QED) is 0.751. The molecule has 5 rings (SSSR count). The van der Waals surface area contributed by atoms with Crippen LogP contribution in [0, 0.1) is 6.92 Å². The Labute approximate surface area is 163 Å². The van der Waals surface area contributed by atoms with Crippen LogP contribution in [0.3, 0.4) is 0 Å². The van der Waals surface area contributed by atoms with E-state index in [4.69, 9.17) is 0 Å². The molecule has 0 saturated heterocycles. The maximum Gasteiger partial charge on any atom is 0.267 e. The smallest absolute Gasteiger partial charge is 0.267 e. The summed E-state index contributed by atoms with van der Waals surface area (Å²) in [5.74, 6) is 2.13. The molecule has 3 aromatic heterocycles. The van der Waals surface area contributed by atoms with Crippen molar-refractivity contribution in [3.63, 3.8) is 0 Å². The van der Waals surface area contributed by atoms with Crippen LogP contribution in [0.5, 0.6) is 0 Å². The molecular formula is C21H24N6O. The summed E-state index contributed by atoms with van der Waals surface area (Å²) in [5.41, 5.74) is 1.82. The highest BCUT2D eigenvalue weighted by molar-refractivity contribution is 5.86. The first-order valence-corrected chi connectivity index (χ1v) is 10.1. The number of nitrogens with one attached hydrogen (secondary N) is 1. The van der Waals surface area contributed by atoms with Gasteiger partial charge >= 0.3 is 0 Å². The Kier molecular flexibility index (Phi) is 4.30. The fourth-order valence-corrected chi connectivity index (χ4v) is 4.14. The van der Waals surface area contributed by atoms with Crippen molar-refractivity contribution in [3.8, 4) is 0 Å². The number of pyridine rings is 1. The van der Waals surface area contributed by atoms with Crippen molar-refractivity contribution >= 4 is 16.9 Å². The van der Waals surface area contributed by atoms with Gasteiger partial charge in [0, 0.05) is 24.2 Å². The minimum absolute atomic E-state index is 0.0179. The molecule has 0 radical (unpaired) electrons. The molecule has 0 amide bonds. The number of fused-ring (bicyclic) bond motifs is 1. The molecule has 0 spiro atoms. The zero-order valence-corrected chi connectivity index (χ0v) is 16.0. The van der Waals surface area contributed by atoms with Crippen LogP contribution in [0.1, 0.15) is 62.0 Å². The number of nitrogens with zero attached hydrogens (tertiary/aromatic N) is 5. The van der Waals surface area contributed by atoms with Crippen molar-refractivity contribution in [1.82, 2.24) is 24.7 Å². The van der Waals surface area contributed by atoms with E-state index in [0.717, 1.165) is 54.1 Å². The summed E-state index contributed by atoms with van der Waals surface area (Å²) in [6.07, 6.45) is 8.00. The van der Waals surface area contributed by atoms with Gasteiger partial charge in [-0.3, -0.25) is 4.79 Å². The van der Waals surface area contributed by atoms with E-state index < -0.39 is 0 Å². The average molecular weight is 376 g/mol. The van der Waals surface area contributed by atoms with E-state index in [2.05, 4.69) is 25.4 Å². The Morgan fingerprint density at radius 3 is 2.64 bits per heavy atom. The van der Waals surface area contributed by atoms with Crippen LogP contribution >= 0.6 is 0 Å². The summed E-state index contributed by atoms with van der Waals surface area (Å²) in [7, 11) is 0. The van der Waals surface area contributed by atoms with Gasteiger partial charge in [0.05, 0.1) is 17.1 Å². The lowest BCUT2D eigenvalue weighted by molar-refractivity contribution is 0.301. The molecule has 0 bridgehead atoms. The predicted molar refractivity (Wildman–Crippen MR) is 107 cm³/mol. The molecule has 3 heterocycles. The molecule has 1 N–H and O–H groups in total. The Morgan fingerprint density at radius 2 is 1.86 bits per heavy atom. The molecular weight excluding hydrogens is 352 g/mol. The monoisotopic (exact) mass is 376 g/mol. The highest BCUT2D eigenvalue weighted by atomic mass is 16.1. The highest BCUT2D eigenvalue weighted by Crippen LogP contribution is 2.39. The van der Waals surface area contributed by atoms with Crippen molar-refractivity contribution in [2.75, 3.05) is 5.32 Å². The van der Waals surface area contributed by atoms with E-state index >= 15 is 0 Å². The van der Waals surface area contributed by atoms with Crippen molar-refractivity contribution in [3.05, 3.63) is 52.3 Å². The van der Waals surface area contributed by atoms with Gasteiger partial charge in [-0.05, 0) is 63.6 Å². The maximum absolute atomic E-state index is 12.3. The lowest BCUT2D eigenvalue weighted by Gasteiger charge is -2.30. The van der Waals surface area contributed by atoms with Crippen molar-refractivity contribution in [2.24, 2.45) is 0 Å². The average Bonchev–Trinajstić information content (AvgIpc) is 3.54. The van der Waals surface area contributed by atoms with Gasteiger partial charge in [-0.2, -0.15) is 5.10 Å². The first-order valence-electron chi connectivity index (χ1n) is 10.1. The first-order chi connectivity index (χ1) is 13.7. The Morgan fingerprint density at radius 1 is 1.04 bits per heavy atom. The second-order valence-corrected chi connectivity index (χ2v) is 7.96. The minimum atomic E-state index is 0.0179. The molecule has 7 nitrogen and oxygen atoms in total. The lowest BCUT2D eigenvalue weighted by Crippen LogP contribution is -2.33. The van der Waals surface area contributed by atoms with Crippen LogP contribution < -0.4 is 10.9 Å². The molecule has 2 fully saturated rings. The van der Waals surface area contributed by atoms with Crippen molar-refractivity contribution in [2.45, 2.75) is 63.5 Å². The Hall–Kier alpha value is -2.83. The number of aryl methyl sites for hydroxylation is 1. The van der Waals surface area contributed by atoms with E-state index in [1.54, 1.807) is 16.9 Å². The van der Waals surface area contributed by atoms with Gasteiger partial charge in [-0.1, -0.05) is 0 Å². The molecule has 7 heteroatoms. The van der Waals surface area contributed by atoms with Crippen molar-refractivity contribution in [1.29, 1.82) is 0 Å². The zero-order chi connectivity index (χ0) is 19.1. The number of hydrogen-bond donors (Lipinski definition) is 1. The number of anilines is 1. The van der Waals surface area contributed by atoms with Gasteiger partial charge in [0.2, 0.25) is 0 Å². The first kappa shape index (κ1) is 17.3. The molecule has 28 heavy (non-hydrogen) atoms. The standard InChI is InChI=1S/C21H24N6O/c1-13-23-20-17(3-2-12-22-20)21(24-13)25-15-6-8-16(9-7-15)27-19(28)11-10-18(26-27)14-4-5-14/h2-3,10-12,14-16H,4-9H2,1H3,(H,22,23,24,25). The zero-order valence-electron chi connectivity index (χ0n) is 16.0. The largest absolute Gasteiger partial charge is 0.367 e. The van der Waals surface area contributed by atoms with E-state index in [1.165, 1.54) is 12.8 Å². The number of rotatable bonds is 4. The summed E-state index contributed by atoms with van der Waals surface area (Å²) in [4.78, 5) is 25.7. The molecule has 0 unspecified atom stereocenters. The normalized spacial score (nSPS) is 22.3. The third kappa shape index (κ3) is 3.37. The molecule has 2 saturated carbocycles. The summed E-state index contributed by atoms with van der Waals surface area (Å²) in [6.45, 7) is 1.89. The third-order valence-electron chi connectivity index (χ3n) is 5.81. The van der Waals surface area contributed by atoms with Crippen LogP contribution in [0.15, 0.2) is 35.3 Å². The summed E-state index contributed by atoms with van der Waals surface area (Å²) in [5, 5.41) is 9.22. The van der Waals surface area contributed by atoms with Gasteiger partial charge in [-0.15, -0.1) is 0 Å². The number of aromatic nitrogens is 5. The molecule has 144 valence electrons. The predicted octanol–water partition coefficient (Wildman–Crippen LogP) is 3.36. The highest BCUT2D eigenvalue weighted by Gasteiger charge is 2.28. The molecule has 0 aromatic carbocycles. The fourth-order valence-electron chi connectivity index (χ4n) is 4.14. The minimum Gasteiger partial charge on any atom is -0.367 e. The summed E-state index contributed by atoms with van der Waals surface area (Å²) in [6, 6.07) is 8.02. The molecule has 3 aromatic rings. The van der Waals surface area contributed by atoms with Crippen LogP contribution in [-0.4, -0.2) is 30.8 Å². The van der Waals surface area contributed by atoms with Gasteiger partial charge < -0.3 is 5.32 Å². The van der Waals surface area contributed by atoms with E-state index in [0.29, 0.717) is 12.0 Å². The second-order valence-electron chi connectivity index (χ2n) is 7.96. The van der Waals surface area contributed by atoms with Crippen LogP contribution in [-0.2, 0) is 0 Å². The van der Waals surface area contributed by atoms with Gasteiger partial charge in [0.1, 0.15) is 11.6 Å². The van der Waals surface area contributed by atoms with E-state index in [9.17, 15) is 4.79 Å². The van der Waals surface area contributed by atoms with E-state index in [-0.39, 0.29) is 11.6 Å². The lowest BCUT2D eigenvalue weighted by atomic mass is 9.91. The Balaban J connectivity index is 1.31. The van der Waals surface area contributed by atoms with Gasteiger partial charge in [-0.25, -0.2) is 19.6 Å². The van der Waals surface area contributed by atoms with Crippen molar-refractivity contribution < 1.29 is 0 Å². The maximum atomic E-state index is 12.3. The molecule has 2 aliphatic rings. The van der Waals surface area contributed by atoms with Gasteiger partial charge in [0.15, 0.2) is 5.65 Å². The number of hydrogen-bond acceptors (Lipinski definition) is 6. The molecule has 0 atom stereocenters. The second kappa shape index (κ2) is 6.96. The van der Waals surface area contributed by atoms with E-state index in [1.807, 2.05) is 25.1 Å². The van der Waals surface area contributed by atoms with Crippen LogP contribution in [0.2, 0.25) is 0 Å². The molecule has 0 aliphatic heterocycles. The molecule has 2 aliphatic carbocycles. The topological polar surface area (TPSA) is 85.6 Å². The SMILES string of the molecule is Cc1nc(NC2CCC(n3nc(C4CC4)ccc3=O)CC2)c2cccnc2n1.